The molecule has 2 aromatic rings. The van der Waals surface area contributed by atoms with Crippen molar-refractivity contribution in [2.75, 3.05) is 4.91 Å². The molecule has 0 aromatic heterocycles. The normalized spacial score (nSPS) is 16.8. The van der Waals surface area contributed by atoms with Crippen molar-refractivity contribution >= 4 is 79.7 Å². The Bertz CT molecular complexity index is 1590. The Morgan fingerprint density at radius 3 is 1.73 bits per heavy atom. The number of nitrogens with one attached hydrogen (secondary N) is 1. The summed E-state index contributed by atoms with van der Waals surface area (Å²) in [7, 11) is -8.48. The van der Waals surface area contributed by atoms with Gasteiger partial charge in [0, 0.05) is 14.2 Å². The molecule has 2 fully saturated rings. The highest BCUT2D eigenvalue weighted by molar-refractivity contribution is 14.1. The highest BCUT2D eigenvalue weighted by atomic mass is 127. The maximum atomic E-state index is 11.8. The molecule has 13 nitrogen and oxygen atoms in total. The third-order valence-corrected chi connectivity index (χ3v) is 10.6. The number of fused-ring (bicyclic) bond motifs is 2. The highest BCUT2D eigenvalue weighted by Gasteiger charge is 2.37. The van der Waals surface area contributed by atoms with Crippen LogP contribution < -0.4 is 20.8 Å². The van der Waals surface area contributed by atoms with Gasteiger partial charge in [0.25, 0.3) is 0 Å². The largest absolute Gasteiger partial charge is 0.492 e. The molecule has 2 aliphatic carbocycles. The zero-order chi connectivity index (χ0) is 34.1. The van der Waals surface area contributed by atoms with Crippen molar-refractivity contribution < 1.29 is 52.3 Å². The summed E-state index contributed by atoms with van der Waals surface area (Å²) in [4.78, 5) is 22.7. The predicted octanol–water partition coefficient (Wildman–Crippen LogP) is -0.145. The van der Waals surface area contributed by atoms with Gasteiger partial charge < -0.3 is 24.5 Å². The maximum absolute atomic E-state index is 11.8. The van der Waals surface area contributed by atoms with Gasteiger partial charge in [0.05, 0.1) is 23.7 Å². The first-order valence-corrected chi connectivity index (χ1v) is 18.8. The number of amides is 1. The van der Waals surface area contributed by atoms with E-state index in [1.165, 1.54) is 0 Å². The summed E-state index contributed by atoms with van der Waals surface area (Å²) in [6.07, 6.45) is 3.71. The predicted molar refractivity (Wildman–Crippen MR) is 178 cm³/mol. The molecule has 4 aliphatic rings. The van der Waals surface area contributed by atoms with Gasteiger partial charge in [0.2, 0.25) is 26.0 Å². The van der Waals surface area contributed by atoms with E-state index in [0.29, 0.717) is 49.3 Å². The van der Waals surface area contributed by atoms with Crippen molar-refractivity contribution in [1.82, 2.24) is 4.72 Å². The van der Waals surface area contributed by atoms with Crippen molar-refractivity contribution in [3.8, 4) is 0 Å². The summed E-state index contributed by atoms with van der Waals surface area (Å²) in [5.74, 6) is -1.34. The number of carboxylic acids is 1. The average molecular weight is 779 g/mol. The lowest BCUT2D eigenvalue weighted by atomic mass is 9.75. The lowest BCUT2D eigenvalue weighted by molar-refractivity contribution is -0.137. The Balaban J connectivity index is 0.000000199. The number of aryl methyl sites for hydroxylation is 2. The Morgan fingerprint density at radius 2 is 1.36 bits per heavy atom. The minimum Gasteiger partial charge on any atom is -0.481 e. The molecule has 0 saturated heterocycles. The van der Waals surface area contributed by atoms with Crippen molar-refractivity contribution in [2.24, 2.45) is 5.14 Å². The second kappa shape index (κ2) is 16.7. The number of sulfonamides is 2. The van der Waals surface area contributed by atoms with Gasteiger partial charge in [-0.3, -0.25) is 14.3 Å². The first-order chi connectivity index (χ1) is 21.7. The van der Waals surface area contributed by atoms with E-state index in [2.05, 4.69) is 4.72 Å². The molecule has 6 rings (SSSR count). The van der Waals surface area contributed by atoms with Gasteiger partial charge in [-0.2, -0.15) is 0 Å². The number of carbonyl (C=O) groups is 2. The zero-order valence-corrected chi connectivity index (χ0v) is 28.2. The van der Waals surface area contributed by atoms with Gasteiger partial charge >= 0.3 is 20.2 Å². The molecular weight excluding hydrogens is 741 g/mol. The average Bonchev–Trinajstić information content (AvgIpc) is 3.92. The Morgan fingerprint density at radius 1 is 0.911 bits per heavy atom. The van der Waals surface area contributed by atoms with Gasteiger partial charge in [-0.05, 0) is 76.6 Å². The third kappa shape index (κ3) is 11.3. The van der Waals surface area contributed by atoms with Crippen LogP contribution >= 0.6 is 22.6 Å². The molecule has 2 aromatic carbocycles. The minimum absolute atomic E-state index is 0.0646. The SMILES string of the molecule is NS(=O)(=O)C1CC1.O=C(CCc1cccc2c1B(O)OC2)NS(=O)(=O)C1CC1.O=C(O)CCc1cccc2c1B(O)OC2.[2H]CI. The monoisotopic (exact) mass is 779 g/mol. The van der Waals surface area contributed by atoms with Gasteiger partial charge in [0.15, 0.2) is 0 Å². The number of halogens is 1. The number of aliphatic carboxylic acids is 1. The molecule has 0 spiro atoms. The smallest absolute Gasteiger partial charge is 0.481 e. The number of benzene rings is 2. The lowest BCUT2D eigenvalue weighted by Crippen LogP contribution is -2.35. The van der Waals surface area contributed by atoms with E-state index in [1.54, 1.807) is 0 Å². The van der Waals surface area contributed by atoms with E-state index in [1.807, 2.05) is 59.0 Å². The van der Waals surface area contributed by atoms with E-state index in [9.17, 15) is 36.5 Å². The van der Waals surface area contributed by atoms with Gasteiger partial charge in [-0.15, -0.1) is 0 Å². The number of rotatable bonds is 9. The number of hydrogen-bond donors (Lipinski definition) is 5. The van der Waals surface area contributed by atoms with E-state index >= 15 is 0 Å². The van der Waals surface area contributed by atoms with E-state index in [-0.39, 0.29) is 18.1 Å². The van der Waals surface area contributed by atoms with Crippen LogP contribution in [0.2, 0.25) is 0 Å². The van der Waals surface area contributed by atoms with E-state index in [4.69, 9.17) is 20.9 Å². The highest BCUT2D eigenvalue weighted by Crippen LogP contribution is 2.27. The van der Waals surface area contributed by atoms with E-state index in [0.717, 1.165) is 40.6 Å². The maximum Gasteiger partial charge on any atom is 0.492 e. The van der Waals surface area contributed by atoms with Crippen LogP contribution in [0.25, 0.3) is 0 Å². The summed E-state index contributed by atoms with van der Waals surface area (Å²) in [6.45, 7) is 0.754. The molecule has 6 N–H and O–H groups in total. The Labute approximate surface area is 279 Å². The van der Waals surface area contributed by atoms with Crippen LogP contribution in [0.5, 0.6) is 0 Å². The molecular formula is C27H37B2IN2O11S2. The van der Waals surface area contributed by atoms with E-state index < -0.39 is 51.4 Å². The van der Waals surface area contributed by atoms with Crippen molar-refractivity contribution in [2.45, 2.75) is 75.1 Å². The van der Waals surface area contributed by atoms with Gasteiger partial charge in [0.1, 0.15) is 0 Å². The molecule has 0 bridgehead atoms. The summed E-state index contributed by atoms with van der Waals surface area (Å²) < 4.78 is 62.2. The molecule has 0 radical (unpaired) electrons. The van der Waals surface area contributed by atoms with Crippen LogP contribution in [0.3, 0.4) is 0 Å². The number of carboxylic acid groups (broad SMARTS) is 1. The molecule has 0 unspecified atom stereocenters. The fraction of sp³-hybridized carbons (Fsp3) is 0.481. The number of carbonyl (C=O) groups excluding carboxylic acids is 1. The summed E-state index contributed by atoms with van der Waals surface area (Å²) in [5.41, 5.74) is 4.99. The first-order valence-electron chi connectivity index (χ1n) is 14.8. The van der Waals surface area contributed by atoms with Crippen molar-refractivity contribution in [1.29, 1.82) is 0 Å². The number of alkyl halides is 1. The van der Waals surface area contributed by atoms with Gasteiger partial charge in [-0.25, -0.2) is 22.0 Å². The van der Waals surface area contributed by atoms with Crippen LogP contribution in [-0.4, -0.2) is 73.5 Å². The summed E-state index contributed by atoms with van der Waals surface area (Å²) >= 11 is 1.96. The standard InChI is InChI=1S/C13H16BNO5S.C10H11BO4.C3H7NO2S.CH3I/c16-12(15-21(18,19)11-5-6-11)7-4-9-2-1-3-10-8-20-14(17)13(9)10;12-9(13)5-4-7-2-1-3-8-6-15-11(14)10(7)8;4-7(5,6)3-1-2-3;1-2/h1-3,11,17H,4-8H2,(H,15,16);1-3,14H,4-6H2,(H,12,13);3H,1-2H2,(H2,4,5,6);1H3/i;;;1D. The molecule has 2 aliphatic heterocycles. The second-order valence-corrected chi connectivity index (χ2v) is 14.6. The quantitative estimate of drug-likeness (QED) is 0.128. The molecule has 0 atom stereocenters. The topological polar surface area (TPSA) is 220 Å². The van der Waals surface area contributed by atoms with Crippen molar-refractivity contribution in [3.63, 3.8) is 0 Å². The first kappa shape index (κ1) is 35.8. The second-order valence-electron chi connectivity index (χ2n) is 10.8. The lowest BCUT2D eigenvalue weighted by Gasteiger charge is -2.09. The molecule has 1 amide bonds. The summed E-state index contributed by atoms with van der Waals surface area (Å²) in [5, 5.41) is 32.0. The molecule has 246 valence electrons. The molecule has 2 heterocycles. The van der Waals surface area contributed by atoms with Crippen LogP contribution in [0.1, 0.15) is 62.1 Å². The van der Waals surface area contributed by atoms with Crippen molar-refractivity contribution in [3.05, 3.63) is 58.7 Å². The fourth-order valence-electron chi connectivity index (χ4n) is 4.72. The number of nitrogens with two attached hydrogens (primary N) is 1. The van der Waals surface area contributed by atoms with Crippen LogP contribution in [0.4, 0.5) is 0 Å². The van der Waals surface area contributed by atoms with Gasteiger partial charge in [-0.1, -0.05) is 59.0 Å². The number of hydrogen-bond acceptors (Lipinski definition) is 10. The molecule has 18 heteroatoms. The minimum atomic E-state index is -3.49. The third-order valence-electron chi connectivity index (χ3n) is 7.30. The Hall–Kier alpha value is -2.06. The number of primary sulfonamides is 1. The molecule has 45 heavy (non-hydrogen) atoms. The van der Waals surface area contributed by atoms with Crippen LogP contribution in [0.15, 0.2) is 36.4 Å². The zero-order valence-electron chi connectivity index (χ0n) is 25.4. The Kier molecular flexibility index (Phi) is 13.3. The summed E-state index contributed by atoms with van der Waals surface area (Å²) in [6, 6.07) is 11.1. The van der Waals surface area contributed by atoms with Crippen LogP contribution in [0, 0.1) is 0 Å². The van der Waals surface area contributed by atoms with Crippen LogP contribution in [-0.2, 0) is 65.0 Å². The molecule has 2 saturated carbocycles. The fourth-order valence-corrected chi connectivity index (χ4v) is 6.85.